The van der Waals surface area contributed by atoms with Crippen LogP contribution in [0.5, 0.6) is 0 Å². The van der Waals surface area contributed by atoms with Gasteiger partial charge in [-0.05, 0) is 24.5 Å². The summed E-state index contributed by atoms with van der Waals surface area (Å²) in [7, 11) is 0. The first-order valence-electron chi connectivity index (χ1n) is 6.11. The van der Waals surface area contributed by atoms with Crippen molar-refractivity contribution in [2.75, 3.05) is 13.2 Å². The van der Waals surface area contributed by atoms with Gasteiger partial charge in [-0.2, -0.15) is 0 Å². The smallest absolute Gasteiger partial charge is 0.302 e. The first-order chi connectivity index (χ1) is 8.49. The third-order valence-electron chi connectivity index (χ3n) is 2.45. The molecule has 0 saturated heterocycles. The van der Waals surface area contributed by atoms with Gasteiger partial charge in [-0.15, -0.1) is 0 Å². The molecule has 5 nitrogen and oxygen atoms in total. The maximum atomic E-state index is 11.5. The molecule has 0 aromatic rings. The van der Waals surface area contributed by atoms with E-state index in [1.165, 1.54) is 13.0 Å². The summed E-state index contributed by atoms with van der Waals surface area (Å²) < 4.78 is 15.6. The highest BCUT2D eigenvalue weighted by Crippen LogP contribution is 2.12. The summed E-state index contributed by atoms with van der Waals surface area (Å²) >= 11 is 0. The number of ether oxygens (including phenoxy) is 3. The van der Waals surface area contributed by atoms with Crippen molar-refractivity contribution in [3.63, 3.8) is 0 Å². The van der Waals surface area contributed by atoms with Crippen LogP contribution in [0.2, 0.25) is 0 Å². The first kappa shape index (κ1) is 14.9. The maximum absolute atomic E-state index is 11.5. The molecule has 5 heteroatoms. The Morgan fingerprint density at radius 3 is 2.83 bits per heavy atom. The second kappa shape index (κ2) is 7.28. The van der Waals surface area contributed by atoms with Crippen LogP contribution in [0.1, 0.15) is 27.2 Å². The largest absolute Gasteiger partial charge is 0.463 e. The van der Waals surface area contributed by atoms with E-state index in [2.05, 4.69) is 13.8 Å². The monoisotopic (exact) mass is 256 g/mol. The summed E-state index contributed by atoms with van der Waals surface area (Å²) in [5.41, 5.74) is 0. The predicted molar refractivity (Wildman–Crippen MR) is 64.8 cm³/mol. The van der Waals surface area contributed by atoms with Crippen molar-refractivity contribution < 1.29 is 23.8 Å². The normalized spacial score (nSPS) is 23.4. The van der Waals surface area contributed by atoms with E-state index in [0.29, 0.717) is 12.5 Å². The van der Waals surface area contributed by atoms with Crippen molar-refractivity contribution in [1.82, 2.24) is 0 Å². The topological polar surface area (TPSA) is 61.8 Å². The molecule has 0 bridgehead atoms. The van der Waals surface area contributed by atoms with E-state index in [9.17, 15) is 9.59 Å². The lowest BCUT2D eigenvalue weighted by atomic mass is 10.1. The minimum atomic E-state index is -0.761. The quantitative estimate of drug-likeness (QED) is 0.673. The van der Waals surface area contributed by atoms with Gasteiger partial charge in [-0.3, -0.25) is 9.59 Å². The third-order valence-corrected chi connectivity index (χ3v) is 2.45. The highest BCUT2D eigenvalue weighted by molar-refractivity contribution is 5.94. The summed E-state index contributed by atoms with van der Waals surface area (Å²) in [6, 6.07) is 0. The summed E-state index contributed by atoms with van der Waals surface area (Å²) in [5, 5.41) is 0. The number of esters is 1. The highest BCUT2D eigenvalue weighted by atomic mass is 16.7. The van der Waals surface area contributed by atoms with E-state index in [1.54, 1.807) is 6.08 Å². The Labute approximate surface area is 107 Å². The van der Waals surface area contributed by atoms with E-state index in [4.69, 9.17) is 14.2 Å². The minimum absolute atomic E-state index is 0.0669. The lowest BCUT2D eigenvalue weighted by molar-refractivity contribution is -0.176. The fraction of sp³-hybridized carbons (Fsp3) is 0.692. The number of ketones is 1. The van der Waals surface area contributed by atoms with Crippen molar-refractivity contribution >= 4 is 11.8 Å². The van der Waals surface area contributed by atoms with Crippen LogP contribution in [0.15, 0.2) is 12.2 Å². The van der Waals surface area contributed by atoms with E-state index in [1.807, 2.05) is 0 Å². The van der Waals surface area contributed by atoms with Crippen LogP contribution < -0.4 is 0 Å². The van der Waals surface area contributed by atoms with Crippen molar-refractivity contribution in [1.29, 1.82) is 0 Å². The molecule has 18 heavy (non-hydrogen) atoms. The van der Waals surface area contributed by atoms with Gasteiger partial charge in [0.15, 0.2) is 18.2 Å². The first-order valence-corrected chi connectivity index (χ1v) is 6.11. The van der Waals surface area contributed by atoms with Crippen LogP contribution in [-0.4, -0.2) is 37.4 Å². The van der Waals surface area contributed by atoms with Crippen molar-refractivity contribution in [3.05, 3.63) is 12.2 Å². The Morgan fingerprint density at radius 1 is 1.50 bits per heavy atom. The van der Waals surface area contributed by atoms with Crippen molar-refractivity contribution in [3.8, 4) is 0 Å². The molecular weight excluding hydrogens is 236 g/mol. The number of carbonyl (C=O) groups excluding carboxylic acids is 2. The van der Waals surface area contributed by atoms with E-state index < -0.39 is 18.4 Å². The lowest BCUT2D eigenvalue weighted by Gasteiger charge is -2.24. The number of carbonyl (C=O) groups is 2. The Bertz CT molecular complexity index is 321. The van der Waals surface area contributed by atoms with Gasteiger partial charge in [-0.1, -0.05) is 13.8 Å². The second-order valence-electron chi connectivity index (χ2n) is 4.61. The molecule has 0 N–H and O–H groups in total. The summed E-state index contributed by atoms with van der Waals surface area (Å²) in [6.07, 6.45) is 2.62. The Morgan fingerprint density at radius 2 is 2.22 bits per heavy atom. The van der Waals surface area contributed by atoms with Crippen LogP contribution in [0.3, 0.4) is 0 Å². The zero-order valence-electron chi connectivity index (χ0n) is 11.0. The summed E-state index contributed by atoms with van der Waals surface area (Å²) in [5.74, 6) is -0.0887. The molecule has 1 rings (SSSR count). The van der Waals surface area contributed by atoms with Gasteiger partial charge >= 0.3 is 5.97 Å². The number of rotatable bonds is 6. The molecule has 1 aliphatic heterocycles. The molecule has 0 spiro atoms. The second-order valence-corrected chi connectivity index (χ2v) is 4.61. The van der Waals surface area contributed by atoms with Crippen molar-refractivity contribution in [2.24, 2.45) is 5.92 Å². The fourth-order valence-corrected chi connectivity index (χ4v) is 1.38. The van der Waals surface area contributed by atoms with Gasteiger partial charge in [0.25, 0.3) is 0 Å². The zero-order chi connectivity index (χ0) is 13.5. The summed E-state index contributed by atoms with van der Waals surface area (Å²) in [6.45, 7) is 6.01. The molecular formula is C13H20O5. The SMILES string of the molecule is CC(=O)OC[C@H]1O[C@H](OCCC(C)C)C=CC1=O. The molecule has 0 saturated carbocycles. The lowest BCUT2D eigenvalue weighted by Crippen LogP contribution is -2.37. The third kappa shape index (κ3) is 5.42. The van der Waals surface area contributed by atoms with E-state index in [-0.39, 0.29) is 12.4 Å². The predicted octanol–water partition coefficient (Wildman–Crippen LogP) is 1.46. The standard InChI is InChI=1S/C13H20O5/c1-9(2)6-7-16-13-5-4-11(15)12(18-13)8-17-10(3)14/h4-5,9,12-13H,6-8H2,1-3H3/t12-,13+/m1/s1. The Kier molecular flexibility index (Phi) is 6.01. The van der Waals surface area contributed by atoms with Crippen LogP contribution in [0.25, 0.3) is 0 Å². The fourth-order valence-electron chi connectivity index (χ4n) is 1.38. The molecule has 1 heterocycles. The molecule has 0 fully saturated rings. The van der Waals surface area contributed by atoms with Gasteiger partial charge in [0.1, 0.15) is 6.61 Å². The van der Waals surface area contributed by atoms with Gasteiger partial charge in [0, 0.05) is 6.92 Å². The molecule has 0 unspecified atom stereocenters. The average molecular weight is 256 g/mol. The zero-order valence-corrected chi connectivity index (χ0v) is 11.0. The van der Waals surface area contributed by atoms with Gasteiger partial charge < -0.3 is 14.2 Å². The molecule has 0 aromatic heterocycles. The molecule has 2 atom stereocenters. The molecule has 0 amide bonds. The molecule has 0 radical (unpaired) electrons. The van der Waals surface area contributed by atoms with E-state index in [0.717, 1.165) is 6.42 Å². The number of hydrogen-bond donors (Lipinski definition) is 0. The van der Waals surface area contributed by atoms with Crippen LogP contribution in [-0.2, 0) is 23.8 Å². The molecule has 1 aliphatic rings. The van der Waals surface area contributed by atoms with Gasteiger partial charge in [0.05, 0.1) is 6.61 Å². The van der Waals surface area contributed by atoms with E-state index >= 15 is 0 Å². The molecule has 102 valence electrons. The Hall–Kier alpha value is -1.20. The van der Waals surface area contributed by atoms with Crippen LogP contribution in [0.4, 0.5) is 0 Å². The van der Waals surface area contributed by atoms with Gasteiger partial charge in [-0.25, -0.2) is 0 Å². The minimum Gasteiger partial charge on any atom is -0.463 e. The molecule has 0 aromatic carbocycles. The van der Waals surface area contributed by atoms with Gasteiger partial charge in [0.2, 0.25) is 0 Å². The maximum Gasteiger partial charge on any atom is 0.302 e. The van der Waals surface area contributed by atoms with Crippen LogP contribution in [0, 0.1) is 5.92 Å². The van der Waals surface area contributed by atoms with Crippen molar-refractivity contribution in [2.45, 2.75) is 39.6 Å². The average Bonchev–Trinajstić information content (AvgIpc) is 2.29. The Balaban J connectivity index is 2.37. The molecule has 0 aliphatic carbocycles. The van der Waals surface area contributed by atoms with Crippen LogP contribution >= 0.6 is 0 Å². The highest BCUT2D eigenvalue weighted by Gasteiger charge is 2.26. The summed E-state index contributed by atoms with van der Waals surface area (Å²) in [4.78, 5) is 22.2. The number of hydrogen-bond acceptors (Lipinski definition) is 5.